The second kappa shape index (κ2) is 7.28. The molecule has 7 heteroatoms. The van der Waals surface area contributed by atoms with Crippen molar-refractivity contribution >= 4 is 29.5 Å². The molecule has 0 spiro atoms. The van der Waals surface area contributed by atoms with Crippen molar-refractivity contribution < 1.29 is 14.3 Å². The van der Waals surface area contributed by atoms with Crippen LogP contribution >= 0.6 is 11.8 Å². The van der Waals surface area contributed by atoms with Crippen molar-refractivity contribution in [3.05, 3.63) is 71.9 Å². The van der Waals surface area contributed by atoms with Crippen LogP contribution in [0.4, 0.5) is 5.82 Å². The molecule has 0 radical (unpaired) electrons. The van der Waals surface area contributed by atoms with E-state index >= 15 is 0 Å². The number of carbonyl (C=O) groups excluding carboxylic acids is 2. The van der Waals surface area contributed by atoms with Gasteiger partial charge in [0.2, 0.25) is 0 Å². The Hall–Kier alpha value is -3.06. The lowest BCUT2D eigenvalue weighted by Crippen LogP contribution is -2.38. The first-order valence-corrected chi connectivity index (χ1v) is 9.67. The number of ether oxygens (including phenoxy) is 1. The zero-order chi connectivity index (χ0) is 18.8. The Morgan fingerprint density at radius 1 is 1.19 bits per heavy atom. The SMILES string of the molecule is CSc1cnn(-c2ccccc2)c1NC(=O)[C@H]1Cc2ccccc2C(=O)O1. The third-order valence-electron chi connectivity index (χ3n) is 4.38. The molecule has 0 bridgehead atoms. The lowest BCUT2D eigenvalue weighted by atomic mass is 9.98. The van der Waals surface area contributed by atoms with Crippen LogP contribution in [0.1, 0.15) is 15.9 Å². The Morgan fingerprint density at radius 3 is 2.70 bits per heavy atom. The average molecular weight is 379 g/mol. The van der Waals surface area contributed by atoms with Crippen molar-refractivity contribution in [1.29, 1.82) is 0 Å². The van der Waals surface area contributed by atoms with Crippen LogP contribution in [-0.4, -0.2) is 34.0 Å². The maximum absolute atomic E-state index is 12.8. The number of esters is 1. The molecule has 0 saturated carbocycles. The van der Waals surface area contributed by atoms with Crippen molar-refractivity contribution in [2.75, 3.05) is 11.6 Å². The maximum atomic E-state index is 12.8. The molecule has 2 aromatic carbocycles. The molecular formula is C20H17N3O3S. The molecule has 1 aliphatic heterocycles. The average Bonchev–Trinajstić information content (AvgIpc) is 3.11. The van der Waals surface area contributed by atoms with Crippen LogP contribution < -0.4 is 5.32 Å². The first kappa shape index (κ1) is 17.4. The standard InChI is InChI=1S/C20H17N3O3S/c1-27-17-12-21-23(14-8-3-2-4-9-14)18(17)22-19(24)16-11-13-7-5-6-10-15(13)20(25)26-16/h2-10,12,16H,11H2,1H3,(H,22,24)/t16-/m1/s1. The quantitative estimate of drug-likeness (QED) is 0.556. The van der Waals surface area contributed by atoms with E-state index in [0.29, 0.717) is 17.8 Å². The minimum Gasteiger partial charge on any atom is -0.448 e. The normalized spacial score (nSPS) is 15.7. The van der Waals surface area contributed by atoms with Gasteiger partial charge >= 0.3 is 5.97 Å². The summed E-state index contributed by atoms with van der Waals surface area (Å²) >= 11 is 1.48. The van der Waals surface area contributed by atoms with Gasteiger partial charge in [0.15, 0.2) is 6.10 Å². The van der Waals surface area contributed by atoms with E-state index < -0.39 is 12.1 Å². The highest BCUT2D eigenvalue weighted by Crippen LogP contribution is 2.29. The molecule has 4 rings (SSSR count). The van der Waals surface area contributed by atoms with Gasteiger partial charge in [-0.25, -0.2) is 9.48 Å². The van der Waals surface area contributed by atoms with Crippen molar-refractivity contribution in [2.24, 2.45) is 0 Å². The largest absolute Gasteiger partial charge is 0.448 e. The van der Waals surface area contributed by atoms with Gasteiger partial charge in [0, 0.05) is 6.42 Å². The molecule has 136 valence electrons. The van der Waals surface area contributed by atoms with Gasteiger partial charge in [-0.05, 0) is 30.0 Å². The highest BCUT2D eigenvalue weighted by molar-refractivity contribution is 7.98. The van der Waals surface area contributed by atoms with Crippen LogP contribution in [0.5, 0.6) is 0 Å². The van der Waals surface area contributed by atoms with E-state index in [-0.39, 0.29) is 5.91 Å². The number of hydrogen-bond acceptors (Lipinski definition) is 5. The van der Waals surface area contributed by atoms with Crippen molar-refractivity contribution in [1.82, 2.24) is 9.78 Å². The Bertz CT molecular complexity index is 1000. The molecular weight excluding hydrogens is 362 g/mol. The Kier molecular flexibility index (Phi) is 4.68. The second-order valence-electron chi connectivity index (χ2n) is 6.05. The Morgan fingerprint density at radius 2 is 1.93 bits per heavy atom. The summed E-state index contributed by atoms with van der Waals surface area (Å²) in [7, 11) is 0. The molecule has 6 nitrogen and oxygen atoms in total. The number of hydrogen-bond donors (Lipinski definition) is 1. The van der Waals surface area contributed by atoms with E-state index in [1.807, 2.05) is 48.7 Å². The van der Waals surface area contributed by atoms with Gasteiger partial charge in [0.1, 0.15) is 5.82 Å². The van der Waals surface area contributed by atoms with E-state index in [1.165, 1.54) is 11.8 Å². The van der Waals surface area contributed by atoms with Crippen molar-refractivity contribution in [3.63, 3.8) is 0 Å². The van der Waals surface area contributed by atoms with Gasteiger partial charge in [-0.15, -0.1) is 11.8 Å². The van der Waals surface area contributed by atoms with E-state index in [1.54, 1.807) is 23.0 Å². The Labute approximate surface area is 160 Å². The monoisotopic (exact) mass is 379 g/mol. The summed E-state index contributed by atoms with van der Waals surface area (Å²) < 4.78 is 7.02. The summed E-state index contributed by atoms with van der Waals surface area (Å²) in [5.74, 6) is -0.280. The molecule has 2 heterocycles. The van der Waals surface area contributed by atoms with E-state index in [9.17, 15) is 9.59 Å². The van der Waals surface area contributed by atoms with Crippen molar-refractivity contribution in [3.8, 4) is 5.69 Å². The third-order valence-corrected chi connectivity index (χ3v) is 5.12. The predicted octanol–water partition coefficient (Wildman–Crippen LogP) is 3.31. The van der Waals surface area contributed by atoms with Gasteiger partial charge in [-0.1, -0.05) is 36.4 Å². The number of cyclic esters (lactones) is 1. The van der Waals surface area contributed by atoms with Crippen LogP contribution in [-0.2, 0) is 16.0 Å². The van der Waals surface area contributed by atoms with Crippen LogP contribution in [0.2, 0.25) is 0 Å². The number of nitrogens with one attached hydrogen (secondary N) is 1. The number of nitrogens with zero attached hydrogens (tertiary/aromatic N) is 2. The molecule has 1 aliphatic rings. The number of rotatable bonds is 4. The zero-order valence-corrected chi connectivity index (χ0v) is 15.4. The third kappa shape index (κ3) is 3.33. The van der Waals surface area contributed by atoms with Gasteiger partial charge in [0.25, 0.3) is 5.91 Å². The highest BCUT2D eigenvalue weighted by Gasteiger charge is 2.32. The molecule has 3 aromatic rings. The smallest absolute Gasteiger partial charge is 0.339 e. The first-order chi connectivity index (χ1) is 13.2. The summed E-state index contributed by atoms with van der Waals surface area (Å²) in [5.41, 5.74) is 2.16. The summed E-state index contributed by atoms with van der Waals surface area (Å²) in [4.78, 5) is 25.9. The molecule has 27 heavy (non-hydrogen) atoms. The van der Waals surface area contributed by atoms with Gasteiger partial charge in [-0.2, -0.15) is 5.10 Å². The molecule has 0 aliphatic carbocycles. The lowest BCUT2D eigenvalue weighted by Gasteiger charge is -2.24. The van der Waals surface area contributed by atoms with Crippen LogP contribution in [0.25, 0.3) is 5.69 Å². The minimum absolute atomic E-state index is 0.349. The van der Waals surface area contributed by atoms with Crippen LogP contribution in [0, 0.1) is 0 Å². The number of benzene rings is 2. The molecule has 1 amide bonds. The van der Waals surface area contributed by atoms with E-state index in [4.69, 9.17) is 4.74 Å². The summed E-state index contributed by atoms with van der Waals surface area (Å²) in [5, 5.41) is 7.27. The highest BCUT2D eigenvalue weighted by atomic mass is 32.2. The van der Waals surface area contributed by atoms with E-state index in [0.717, 1.165) is 16.1 Å². The predicted molar refractivity (Wildman–Crippen MR) is 103 cm³/mol. The van der Waals surface area contributed by atoms with Gasteiger partial charge < -0.3 is 10.1 Å². The summed E-state index contributed by atoms with van der Waals surface area (Å²) in [6.07, 6.45) is 3.09. The minimum atomic E-state index is -0.874. The fourth-order valence-electron chi connectivity index (χ4n) is 3.04. The summed E-state index contributed by atoms with van der Waals surface area (Å²) in [6, 6.07) is 16.7. The molecule has 0 saturated heterocycles. The van der Waals surface area contributed by atoms with Crippen molar-refractivity contribution in [2.45, 2.75) is 17.4 Å². The molecule has 0 unspecified atom stereocenters. The zero-order valence-electron chi connectivity index (χ0n) is 14.6. The number of carbonyl (C=O) groups is 2. The summed E-state index contributed by atoms with van der Waals surface area (Å²) in [6.45, 7) is 0. The number of amides is 1. The number of para-hydroxylation sites is 1. The fourth-order valence-corrected chi connectivity index (χ4v) is 3.52. The van der Waals surface area contributed by atoms with Crippen LogP contribution in [0.3, 0.4) is 0 Å². The van der Waals surface area contributed by atoms with E-state index in [2.05, 4.69) is 10.4 Å². The molecule has 1 atom stereocenters. The lowest BCUT2D eigenvalue weighted by molar-refractivity contribution is -0.125. The number of thioether (sulfide) groups is 1. The van der Waals surface area contributed by atoms with Crippen LogP contribution in [0.15, 0.2) is 65.7 Å². The Balaban J connectivity index is 1.61. The topological polar surface area (TPSA) is 73.2 Å². The second-order valence-corrected chi connectivity index (χ2v) is 6.90. The fraction of sp³-hybridized carbons (Fsp3) is 0.150. The molecule has 0 fully saturated rings. The molecule has 1 aromatic heterocycles. The van der Waals surface area contributed by atoms with Gasteiger partial charge in [0.05, 0.1) is 22.3 Å². The number of fused-ring (bicyclic) bond motifs is 1. The number of aromatic nitrogens is 2. The first-order valence-electron chi connectivity index (χ1n) is 8.44. The van der Waals surface area contributed by atoms with Gasteiger partial charge in [-0.3, -0.25) is 4.79 Å². The maximum Gasteiger partial charge on any atom is 0.339 e. The molecule has 1 N–H and O–H groups in total. The number of anilines is 1.